The molecule has 1 amide bonds. The smallest absolute Gasteiger partial charge is 0.256 e. The number of nitrogens with one attached hydrogen (secondary N) is 1. The molecule has 32 heavy (non-hydrogen) atoms. The van der Waals surface area contributed by atoms with E-state index in [0.29, 0.717) is 28.7 Å². The summed E-state index contributed by atoms with van der Waals surface area (Å²) in [6.07, 6.45) is 0. The Balaban J connectivity index is 1.81. The van der Waals surface area contributed by atoms with Crippen LogP contribution in [0.2, 0.25) is 0 Å². The van der Waals surface area contributed by atoms with Gasteiger partial charge in [-0.2, -0.15) is 0 Å². The number of para-hydroxylation sites is 2. The highest BCUT2D eigenvalue weighted by Gasteiger charge is 2.17. The normalized spacial score (nSPS) is 10.9. The van der Waals surface area contributed by atoms with Gasteiger partial charge < -0.3 is 14.8 Å². The monoisotopic (exact) mass is 426 g/mol. The second-order valence-electron chi connectivity index (χ2n) is 7.84. The molecule has 0 saturated heterocycles. The second-order valence-corrected chi connectivity index (χ2v) is 7.84. The maximum Gasteiger partial charge on any atom is 0.256 e. The van der Waals surface area contributed by atoms with Gasteiger partial charge in [0.05, 0.1) is 31.0 Å². The van der Waals surface area contributed by atoms with Crippen LogP contribution in [0.4, 0.5) is 5.69 Å². The Hall–Kier alpha value is -3.86. The Morgan fingerprint density at radius 2 is 1.59 bits per heavy atom. The molecule has 0 unspecified atom stereocenters. The van der Waals surface area contributed by atoms with E-state index in [9.17, 15) is 4.79 Å². The number of nitrogens with zero attached hydrogens (tertiary/aromatic N) is 1. The number of fused-ring (bicyclic) bond motifs is 1. The van der Waals surface area contributed by atoms with E-state index in [1.165, 1.54) is 0 Å². The van der Waals surface area contributed by atoms with Gasteiger partial charge in [0.2, 0.25) is 0 Å². The zero-order chi connectivity index (χ0) is 22.7. The molecular weight excluding hydrogens is 400 g/mol. The minimum absolute atomic E-state index is 0.168. The standard InChI is InChI=1S/C27H26N2O3/c1-17(2)19-9-5-7-11-22(19)29-27(30)21-16-24(28-23-12-8-6-10-20(21)23)18-13-14-25(31-3)26(15-18)32-4/h5-17H,1-4H3,(H,29,30). The fraction of sp³-hybridized carbons (Fsp3) is 0.185. The van der Waals surface area contributed by atoms with E-state index in [1.807, 2.05) is 72.8 Å². The first-order valence-corrected chi connectivity index (χ1v) is 10.5. The van der Waals surface area contributed by atoms with Gasteiger partial charge in [-0.3, -0.25) is 4.79 Å². The molecule has 5 nitrogen and oxygen atoms in total. The summed E-state index contributed by atoms with van der Waals surface area (Å²) in [4.78, 5) is 18.2. The van der Waals surface area contributed by atoms with Crippen molar-refractivity contribution in [1.29, 1.82) is 0 Å². The van der Waals surface area contributed by atoms with Gasteiger partial charge in [-0.15, -0.1) is 0 Å². The van der Waals surface area contributed by atoms with Crippen LogP contribution in [-0.4, -0.2) is 25.1 Å². The number of rotatable bonds is 6. The molecule has 0 radical (unpaired) electrons. The van der Waals surface area contributed by atoms with Gasteiger partial charge in [0.15, 0.2) is 11.5 Å². The maximum atomic E-state index is 13.4. The molecule has 0 saturated carbocycles. The lowest BCUT2D eigenvalue weighted by molar-refractivity contribution is 0.102. The van der Waals surface area contributed by atoms with E-state index in [4.69, 9.17) is 14.5 Å². The highest BCUT2D eigenvalue weighted by molar-refractivity contribution is 6.13. The third kappa shape index (κ3) is 4.14. The lowest BCUT2D eigenvalue weighted by Crippen LogP contribution is -2.14. The summed E-state index contributed by atoms with van der Waals surface area (Å²) in [5, 5.41) is 3.91. The number of ether oxygens (including phenoxy) is 2. The SMILES string of the molecule is COc1ccc(-c2cc(C(=O)Nc3ccccc3C(C)C)c3ccccc3n2)cc1OC. The Labute approximate surface area is 188 Å². The van der Waals surface area contributed by atoms with Crippen molar-refractivity contribution in [3.05, 3.63) is 83.9 Å². The van der Waals surface area contributed by atoms with Crippen molar-refractivity contribution in [3.8, 4) is 22.8 Å². The first-order chi connectivity index (χ1) is 15.5. The molecule has 1 aromatic heterocycles. The van der Waals surface area contributed by atoms with Crippen molar-refractivity contribution < 1.29 is 14.3 Å². The molecule has 4 rings (SSSR count). The lowest BCUT2D eigenvalue weighted by atomic mass is 10.00. The van der Waals surface area contributed by atoms with Gasteiger partial charge in [0, 0.05) is 16.6 Å². The largest absolute Gasteiger partial charge is 0.493 e. The fourth-order valence-electron chi connectivity index (χ4n) is 3.81. The van der Waals surface area contributed by atoms with Gasteiger partial charge in [0.1, 0.15) is 0 Å². The summed E-state index contributed by atoms with van der Waals surface area (Å²) >= 11 is 0. The van der Waals surface area contributed by atoms with Gasteiger partial charge in [-0.05, 0) is 47.9 Å². The third-order valence-electron chi connectivity index (χ3n) is 5.47. The number of amides is 1. The summed E-state index contributed by atoms with van der Waals surface area (Å²) in [7, 11) is 3.20. The van der Waals surface area contributed by atoms with Crippen molar-refractivity contribution in [2.75, 3.05) is 19.5 Å². The molecule has 3 aromatic carbocycles. The minimum atomic E-state index is -0.168. The highest BCUT2D eigenvalue weighted by Crippen LogP contribution is 2.33. The minimum Gasteiger partial charge on any atom is -0.493 e. The Bertz CT molecular complexity index is 1280. The number of pyridine rings is 1. The molecule has 0 fully saturated rings. The summed E-state index contributed by atoms with van der Waals surface area (Å²) in [5.41, 5.74) is 4.76. The molecule has 0 aliphatic rings. The number of carbonyl (C=O) groups excluding carboxylic acids is 1. The van der Waals surface area contributed by atoms with Crippen LogP contribution in [0.15, 0.2) is 72.8 Å². The highest BCUT2D eigenvalue weighted by atomic mass is 16.5. The molecule has 0 aliphatic carbocycles. The first kappa shape index (κ1) is 21.4. The number of methoxy groups -OCH3 is 2. The molecule has 1 N–H and O–H groups in total. The molecular formula is C27H26N2O3. The maximum absolute atomic E-state index is 13.4. The summed E-state index contributed by atoms with van der Waals surface area (Å²) in [5.74, 6) is 1.37. The number of hydrogen-bond acceptors (Lipinski definition) is 4. The zero-order valence-electron chi connectivity index (χ0n) is 18.7. The molecule has 0 aliphatic heterocycles. The number of carbonyl (C=O) groups is 1. The van der Waals surface area contributed by atoms with E-state index in [0.717, 1.165) is 27.7 Å². The summed E-state index contributed by atoms with van der Waals surface area (Å²) < 4.78 is 10.8. The van der Waals surface area contributed by atoms with Gasteiger partial charge in [0.25, 0.3) is 5.91 Å². The lowest BCUT2D eigenvalue weighted by Gasteiger charge is -2.15. The summed E-state index contributed by atoms with van der Waals surface area (Å²) in [6.45, 7) is 4.23. The van der Waals surface area contributed by atoms with Crippen LogP contribution in [0.25, 0.3) is 22.2 Å². The molecule has 0 atom stereocenters. The number of anilines is 1. The molecule has 0 spiro atoms. The van der Waals surface area contributed by atoms with E-state index in [1.54, 1.807) is 14.2 Å². The molecule has 4 aromatic rings. The fourth-order valence-corrected chi connectivity index (χ4v) is 3.81. The van der Waals surface area contributed by atoms with Crippen molar-refractivity contribution in [3.63, 3.8) is 0 Å². The molecule has 162 valence electrons. The number of aromatic nitrogens is 1. The van der Waals surface area contributed by atoms with Gasteiger partial charge in [-0.1, -0.05) is 50.2 Å². The van der Waals surface area contributed by atoms with E-state index >= 15 is 0 Å². The predicted molar refractivity (Wildman–Crippen MR) is 129 cm³/mol. The van der Waals surface area contributed by atoms with Crippen molar-refractivity contribution in [2.45, 2.75) is 19.8 Å². The quantitative estimate of drug-likeness (QED) is 0.393. The predicted octanol–water partition coefficient (Wildman–Crippen LogP) is 6.29. The topological polar surface area (TPSA) is 60.5 Å². The van der Waals surface area contributed by atoms with E-state index in [-0.39, 0.29) is 5.91 Å². The van der Waals surface area contributed by atoms with Crippen LogP contribution in [0, 0.1) is 0 Å². The first-order valence-electron chi connectivity index (χ1n) is 10.5. The van der Waals surface area contributed by atoms with Gasteiger partial charge in [-0.25, -0.2) is 4.98 Å². The van der Waals surface area contributed by atoms with Crippen molar-refractivity contribution in [1.82, 2.24) is 4.98 Å². The van der Waals surface area contributed by atoms with E-state index < -0.39 is 0 Å². The molecule has 0 bridgehead atoms. The average Bonchev–Trinajstić information content (AvgIpc) is 2.83. The van der Waals surface area contributed by atoms with Crippen LogP contribution in [0.5, 0.6) is 11.5 Å². The van der Waals surface area contributed by atoms with Crippen molar-refractivity contribution in [2.24, 2.45) is 0 Å². The third-order valence-corrected chi connectivity index (χ3v) is 5.47. The van der Waals surface area contributed by atoms with Gasteiger partial charge >= 0.3 is 0 Å². The Kier molecular flexibility index (Phi) is 6.08. The van der Waals surface area contributed by atoms with Crippen LogP contribution in [0.1, 0.15) is 35.7 Å². The molecule has 5 heteroatoms. The van der Waals surface area contributed by atoms with Crippen LogP contribution in [0.3, 0.4) is 0 Å². The zero-order valence-corrected chi connectivity index (χ0v) is 18.7. The average molecular weight is 427 g/mol. The van der Waals surface area contributed by atoms with Crippen molar-refractivity contribution >= 4 is 22.5 Å². The van der Waals surface area contributed by atoms with E-state index in [2.05, 4.69) is 19.2 Å². The number of hydrogen-bond donors (Lipinski definition) is 1. The van der Waals surface area contributed by atoms with Crippen LogP contribution in [-0.2, 0) is 0 Å². The Morgan fingerprint density at radius 3 is 2.34 bits per heavy atom. The van der Waals surface area contributed by atoms with Crippen LogP contribution < -0.4 is 14.8 Å². The second kappa shape index (κ2) is 9.10. The molecule has 1 heterocycles. The Morgan fingerprint density at radius 1 is 0.875 bits per heavy atom. The number of benzene rings is 3. The summed E-state index contributed by atoms with van der Waals surface area (Å²) in [6, 6.07) is 23.0. The van der Waals surface area contributed by atoms with Crippen LogP contribution >= 0.6 is 0 Å².